The minimum atomic E-state index is -4.14. The van der Waals surface area contributed by atoms with Crippen LogP contribution in [0.5, 0.6) is 0 Å². The largest absolute Gasteiger partial charge is 0.401 e. The number of aliphatic hydroxyl groups is 1. The van der Waals surface area contributed by atoms with Crippen LogP contribution >= 0.6 is 0 Å². The highest BCUT2D eigenvalue weighted by Crippen LogP contribution is 2.31. The number of nitrogens with zero attached hydrogens (tertiary/aromatic N) is 1. The number of H-pyrrole nitrogens is 2. The number of nitrogens with one attached hydrogen (secondary N) is 2. The van der Waals surface area contributed by atoms with Crippen molar-refractivity contribution in [3.8, 4) is 0 Å². The first-order valence-electron chi connectivity index (χ1n) is 9.91. The molecule has 0 spiro atoms. The van der Waals surface area contributed by atoms with E-state index in [1.54, 1.807) is 0 Å². The van der Waals surface area contributed by atoms with E-state index >= 15 is 0 Å². The van der Waals surface area contributed by atoms with Gasteiger partial charge in [-0.3, -0.25) is 4.90 Å². The van der Waals surface area contributed by atoms with Gasteiger partial charge in [0.15, 0.2) is 0 Å². The standard InChI is InChI=1S/C14H15F3N2.C9H9NO/c1-9-6-11-10-4-2-3-5-12(10)18-13(11)7-19(9)8-14(15,16)17;11-6-8-5-7-3-1-2-4-9(7)10-8/h2-5,9,18H,6-8H2,1H3;1-5,10-11H,6H2. The smallest absolute Gasteiger partial charge is 0.390 e. The highest BCUT2D eigenvalue weighted by atomic mass is 19.4. The first-order valence-corrected chi connectivity index (χ1v) is 9.91. The van der Waals surface area contributed by atoms with E-state index in [9.17, 15) is 13.2 Å². The quantitative estimate of drug-likeness (QED) is 0.425. The van der Waals surface area contributed by atoms with E-state index in [1.165, 1.54) is 10.5 Å². The summed E-state index contributed by atoms with van der Waals surface area (Å²) in [6.45, 7) is 1.43. The van der Waals surface area contributed by atoms with Gasteiger partial charge in [0.1, 0.15) is 0 Å². The number of aromatic nitrogens is 2. The Kier molecular flexibility index (Phi) is 5.58. The van der Waals surface area contributed by atoms with Gasteiger partial charge in [0.05, 0.1) is 13.2 Å². The number of aliphatic hydroxyl groups excluding tert-OH is 1. The molecule has 5 rings (SSSR count). The summed E-state index contributed by atoms with van der Waals surface area (Å²) in [5, 5.41) is 11.1. The Morgan fingerprint density at radius 3 is 2.43 bits per heavy atom. The Hall–Kier alpha value is -2.77. The number of alkyl halides is 3. The van der Waals surface area contributed by atoms with Crippen molar-refractivity contribution in [2.45, 2.75) is 38.7 Å². The summed E-state index contributed by atoms with van der Waals surface area (Å²) in [7, 11) is 0. The molecule has 1 aliphatic heterocycles. The molecular weight excluding hydrogens is 391 g/mol. The van der Waals surface area contributed by atoms with Crippen LogP contribution in [0.2, 0.25) is 0 Å². The SMILES string of the molecule is CC1Cc2c([nH]c3ccccc23)CN1CC(F)(F)F.OCc1cc2ccccc2[nH]1. The summed E-state index contributed by atoms with van der Waals surface area (Å²) in [5.41, 5.74) is 5.04. The van der Waals surface area contributed by atoms with Crippen molar-refractivity contribution in [3.63, 3.8) is 0 Å². The molecule has 2 aromatic heterocycles. The van der Waals surface area contributed by atoms with E-state index in [1.807, 2.05) is 61.5 Å². The minimum absolute atomic E-state index is 0.0781. The second kappa shape index (κ2) is 8.16. The number of halogens is 3. The molecule has 1 unspecified atom stereocenters. The average Bonchev–Trinajstić information content (AvgIpc) is 3.28. The van der Waals surface area contributed by atoms with Crippen LogP contribution in [0.3, 0.4) is 0 Å². The first kappa shape index (κ1) is 20.5. The van der Waals surface area contributed by atoms with Gasteiger partial charge in [-0.05, 0) is 42.5 Å². The summed E-state index contributed by atoms with van der Waals surface area (Å²) in [6, 6.07) is 17.7. The van der Waals surface area contributed by atoms with Gasteiger partial charge in [-0.2, -0.15) is 13.2 Å². The van der Waals surface area contributed by atoms with E-state index in [-0.39, 0.29) is 12.6 Å². The van der Waals surface area contributed by atoms with Crippen molar-refractivity contribution in [1.29, 1.82) is 0 Å². The lowest BCUT2D eigenvalue weighted by atomic mass is 9.98. The number of rotatable bonds is 2. The molecule has 0 aliphatic carbocycles. The van der Waals surface area contributed by atoms with Crippen LogP contribution in [0, 0.1) is 0 Å². The maximum Gasteiger partial charge on any atom is 0.401 e. The molecule has 1 atom stereocenters. The lowest BCUT2D eigenvalue weighted by Gasteiger charge is -2.33. The molecule has 0 fully saturated rings. The molecule has 0 amide bonds. The second-order valence-electron chi connectivity index (χ2n) is 7.74. The number of hydrogen-bond donors (Lipinski definition) is 3. The Balaban J connectivity index is 0.000000168. The van der Waals surface area contributed by atoms with E-state index in [0.29, 0.717) is 13.0 Å². The van der Waals surface area contributed by atoms with Crippen LogP contribution in [0.15, 0.2) is 54.6 Å². The highest BCUT2D eigenvalue weighted by molar-refractivity contribution is 5.85. The van der Waals surface area contributed by atoms with Gasteiger partial charge in [-0.15, -0.1) is 0 Å². The van der Waals surface area contributed by atoms with Gasteiger partial charge in [-0.1, -0.05) is 36.4 Å². The van der Waals surface area contributed by atoms with Gasteiger partial charge in [0, 0.05) is 40.4 Å². The monoisotopic (exact) mass is 415 g/mol. The van der Waals surface area contributed by atoms with E-state index in [2.05, 4.69) is 9.97 Å². The van der Waals surface area contributed by atoms with Gasteiger partial charge in [-0.25, -0.2) is 0 Å². The fourth-order valence-electron chi connectivity index (χ4n) is 4.07. The fourth-order valence-corrected chi connectivity index (χ4v) is 4.07. The molecule has 3 heterocycles. The Bertz CT molecular complexity index is 1110. The molecule has 2 aromatic carbocycles. The number of hydrogen-bond acceptors (Lipinski definition) is 2. The van der Waals surface area contributed by atoms with Gasteiger partial charge in [0.25, 0.3) is 0 Å². The molecule has 4 aromatic rings. The van der Waals surface area contributed by atoms with Crippen LogP contribution in [0.25, 0.3) is 21.8 Å². The zero-order valence-corrected chi connectivity index (χ0v) is 16.6. The summed E-state index contributed by atoms with van der Waals surface area (Å²) in [6.07, 6.45) is -3.48. The number of fused-ring (bicyclic) bond motifs is 4. The van der Waals surface area contributed by atoms with Crippen molar-refractivity contribution in [2.75, 3.05) is 6.54 Å². The highest BCUT2D eigenvalue weighted by Gasteiger charge is 2.35. The molecule has 30 heavy (non-hydrogen) atoms. The number of aromatic amines is 2. The lowest BCUT2D eigenvalue weighted by Crippen LogP contribution is -2.43. The molecule has 0 saturated heterocycles. The maximum absolute atomic E-state index is 12.5. The Labute approximate surface area is 172 Å². The molecule has 3 N–H and O–H groups in total. The molecule has 1 aliphatic rings. The molecule has 4 nitrogen and oxygen atoms in total. The van der Waals surface area contributed by atoms with Gasteiger partial charge < -0.3 is 15.1 Å². The van der Waals surface area contributed by atoms with Crippen molar-refractivity contribution in [1.82, 2.24) is 14.9 Å². The molecule has 0 saturated carbocycles. The zero-order chi connectivity index (χ0) is 21.3. The molecule has 7 heteroatoms. The lowest BCUT2D eigenvalue weighted by molar-refractivity contribution is -0.152. The maximum atomic E-state index is 12.5. The van der Waals surface area contributed by atoms with E-state index < -0.39 is 12.7 Å². The second-order valence-corrected chi connectivity index (χ2v) is 7.74. The predicted octanol–water partition coefficient (Wildman–Crippen LogP) is 5.14. The predicted molar refractivity (Wildman–Crippen MR) is 112 cm³/mol. The minimum Gasteiger partial charge on any atom is -0.390 e. The third kappa shape index (κ3) is 4.37. The fraction of sp³-hybridized carbons (Fsp3) is 0.304. The van der Waals surface area contributed by atoms with Crippen molar-refractivity contribution >= 4 is 21.8 Å². The summed E-state index contributed by atoms with van der Waals surface area (Å²) in [4.78, 5) is 7.82. The van der Waals surface area contributed by atoms with Gasteiger partial charge in [0.2, 0.25) is 0 Å². The van der Waals surface area contributed by atoms with E-state index in [4.69, 9.17) is 5.11 Å². The van der Waals surface area contributed by atoms with Crippen LogP contribution in [0.4, 0.5) is 13.2 Å². The normalized spacial score (nSPS) is 17.0. The topological polar surface area (TPSA) is 55.1 Å². The number of benzene rings is 2. The van der Waals surface area contributed by atoms with Crippen molar-refractivity contribution in [3.05, 3.63) is 71.5 Å². The third-order valence-corrected chi connectivity index (χ3v) is 5.52. The zero-order valence-electron chi connectivity index (χ0n) is 16.6. The van der Waals surface area contributed by atoms with E-state index in [0.717, 1.165) is 33.2 Å². The number of para-hydroxylation sites is 2. The third-order valence-electron chi connectivity index (χ3n) is 5.52. The average molecular weight is 415 g/mol. The Morgan fingerprint density at radius 1 is 1.03 bits per heavy atom. The van der Waals surface area contributed by atoms with Crippen molar-refractivity contribution in [2.24, 2.45) is 0 Å². The molecular formula is C23H24F3N3O. The molecule has 158 valence electrons. The van der Waals surface area contributed by atoms with Crippen LogP contribution in [-0.4, -0.2) is 38.7 Å². The molecule has 0 radical (unpaired) electrons. The first-order chi connectivity index (χ1) is 14.3. The summed E-state index contributed by atoms with van der Waals surface area (Å²) >= 11 is 0. The summed E-state index contributed by atoms with van der Waals surface area (Å²) < 4.78 is 37.6. The Morgan fingerprint density at radius 2 is 1.73 bits per heavy atom. The van der Waals surface area contributed by atoms with Crippen LogP contribution in [-0.2, 0) is 19.6 Å². The summed E-state index contributed by atoms with van der Waals surface area (Å²) in [5.74, 6) is 0. The van der Waals surface area contributed by atoms with Crippen LogP contribution < -0.4 is 0 Å². The van der Waals surface area contributed by atoms with Crippen LogP contribution in [0.1, 0.15) is 23.9 Å². The van der Waals surface area contributed by atoms with Gasteiger partial charge >= 0.3 is 6.18 Å². The van der Waals surface area contributed by atoms with Crippen molar-refractivity contribution < 1.29 is 18.3 Å². The molecule has 0 bridgehead atoms.